The second-order valence-electron chi connectivity index (χ2n) is 4.80. The van der Waals surface area contributed by atoms with Crippen molar-refractivity contribution in [3.63, 3.8) is 0 Å². The van der Waals surface area contributed by atoms with Crippen LogP contribution in [0.1, 0.15) is 25.0 Å². The number of nitrogens with two attached hydrogens (primary N) is 2. The minimum absolute atomic E-state index is 0.708. The Kier molecular flexibility index (Phi) is 6.39. The Morgan fingerprint density at radius 1 is 1.22 bits per heavy atom. The van der Waals surface area contributed by atoms with Crippen LogP contribution in [0.15, 0.2) is 29.3 Å². The molecule has 1 aromatic rings. The van der Waals surface area contributed by atoms with Gasteiger partial charge in [0.05, 0.1) is 6.54 Å². The standard InChI is InChI=1S/C14H20N2.H4N2/c1-11(2)9-12-5-3-4-6-13(12)10-14-15-7-8-16-14;1-2/h3-6,11H,7-10H2,1-2H3,(H,15,16);1-2H2. The van der Waals surface area contributed by atoms with Crippen LogP contribution in [0, 0.1) is 5.92 Å². The lowest BCUT2D eigenvalue weighted by Crippen LogP contribution is -2.21. The molecule has 1 heterocycles. The molecule has 5 N–H and O–H groups in total. The summed E-state index contributed by atoms with van der Waals surface area (Å²) < 4.78 is 0. The molecule has 0 unspecified atom stereocenters. The number of amidine groups is 1. The minimum Gasteiger partial charge on any atom is -0.372 e. The SMILES string of the molecule is CC(C)Cc1ccccc1CC1=NCCN1.NN. The highest BCUT2D eigenvalue weighted by Gasteiger charge is 2.09. The highest BCUT2D eigenvalue weighted by atomic mass is 15.1. The molecule has 1 aliphatic heterocycles. The van der Waals surface area contributed by atoms with E-state index in [0.29, 0.717) is 5.92 Å². The summed E-state index contributed by atoms with van der Waals surface area (Å²) in [6.07, 6.45) is 2.12. The Labute approximate surface area is 109 Å². The lowest BCUT2D eigenvalue weighted by atomic mass is 9.96. The van der Waals surface area contributed by atoms with Crippen molar-refractivity contribution >= 4 is 5.84 Å². The van der Waals surface area contributed by atoms with Gasteiger partial charge < -0.3 is 5.32 Å². The van der Waals surface area contributed by atoms with Crippen molar-refractivity contribution in [3.8, 4) is 0 Å². The highest BCUT2D eigenvalue weighted by Crippen LogP contribution is 2.15. The molecule has 100 valence electrons. The van der Waals surface area contributed by atoms with Crippen LogP contribution in [-0.2, 0) is 12.8 Å². The fourth-order valence-electron chi connectivity index (χ4n) is 2.11. The normalized spacial score (nSPS) is 13.7. The summed E-state index contributed by atoms with van der Waals surface area (Å²) in [5.41, 5.74) is 2.89. The summed E-state index contributed by atoms with van der Waals surface area (Å²) in [4.78, 5) is 4.46. The van der Waals surface area contributed by atoms with Crippen molar-refractivity contribution in [2.45, 2.75) is 26.7 Å². The van der Waals surface area contributed by atoms with Crippen molar-refractivity contribution in [3.05, 3.63) is 35.4 Å². The smallest absolute Gasteiger partial charge is 0.101 e. The summed E-state index contributed by atoms with van der Waals surface area (Å²) in [6.45, 7) is 6.47. The van der Waals surface area contributed by atoms with Gasteiger partial charge in [-0.3, -0.25) is 16.7 Å². The average Bonchev–Trinajstić information content (AvgIpc) is 2.86. The zero-order valence-electron chi connectivity index (χ0n) is 11.3. The second-order valence-corrected chi connectivity index (χ2v) is 4.80. The molecule has 18 heavy (non-hydrogen) atoms. The molecule has 0 bridgehead atoms. The summed E-state index contributed by atoms with van der Waals surface area (Å²) in [7, 11) is 0. The van der Waals surface area contributed by atoms with Gasteiger partial charge in [0, 0.05) is 13.0 Å². The average molecular weight is 248 g/mol. The Morgan fingerprint density at radius 3 is 2.44 bits per heavy atom. The Morgan fingerprint density at radius 2 is 1.89 bits per heavy atom. The van der Waals surface area contributed by atoms with Crippen LogP contribution >= 0.6 is 0 Å². The lowest BCUT2D eigenvalue weighted by molar-refractivity contribution is 0.644. The van der Waals surface area contributed by atoms with Crippen molar-refractivity contribution in [2.75, 3.05) is 13.1 Å². The zero-order valence-corrected chi connectivity index (χ0v) is 11.3. The van der Waals surface area contributed by atoms with Crippen LogP contribution < -0.4 is 17.0 Å². The summed E-state index contributed by atoms with van der Waals surface area (Å²) >= 11 is 0. The van der Waals surface area contributed by atoms with E-state index >= 15 is 0 Å². The van der Waals surface area contributed by atoms with Crippen molar-refractivity contribution in [1.29, 1.82) is 0 Å². The second kappa shape index (κ2) is 7.84. The van der Waals surface area contributed by atoms with E-state index in [0.717, 1.165) is 31.8 Å². The molecule has 1 aromatic carbocycles. The number of nitrogens with one attached hydrogen (secondary N) is 1. The number of rotatable bonds is 4. The fraction of sp³-hybridized carbons (Fsp3) is 0.500. The topological polar surface area (TPSA) is 76.4 Å². The van der Waals surface area contributed by atoms with Crippen LogP contribution in [-0.4, -0.2) is 18.9 Å². The fourth-order valence-corrected chi connectivity index (χ4v) is 2.11. The molecule has 0 radical (unpaired) electrons. The van der Waals surface area contributed by atoms with Crippen LogP contribution in [0.2, 0.25) is 0 Å². The number of aliphatic imine (C=N–C) groups is 1. The van der Waals surface area contributed by atoms with Crippen LogP contribution in [0.3, 0.4) is 0 Å². The largest absolute Gasteiger partial charge is 0.372 e. The van der Waals surface area contributed by atoms with Crippen LogP contribution in [0.25, 0.3) is 0 Å². The van der Waals surface area contributed by atoms with Gasteiger partial charge in [0.1, 0.15) is 5.84 Å². The van der Waals surface area contributed by atoms with Gasteiger partial charge in [0.25, 0.3) is 0 Å². The molecule has 4 heteroatoms. The van der Waals surface area contributed by atoms with Gasteiger partial charge in [0.15, 0.2) is 0 Å². The van der Waals surface area contributed by atoms with E-state index in [1.54, 1.807) is 0 Å². The number of hydrogen-bond acceptors (Lipinski definition) is 4. The minimum atomic E-state index is 0.708. The number of hydrazine groups is 1. The number of hydrogen-bond donors (Lipinski definition) is 3. The third kappa shape index (κ3) is 4.47. The molecule has 1 aliphatic rings. The van der Waals surface area contributed by atoms with Crippen molar-refractivity contribution < 1.29 is 0 Å². The van der Waals surface area contributed by atoms with Crippen LogP contribution in [0.4, 0.5) is 0 Å². The highest BCUT2D eigenvalue weighted by molar-refractivity contribution is 5.85. The van der Waals surface area contributed by atoms with Gasteiger partial charge in [-0.05, 0) is 23.5 Å². The molecular formula is C14H24N4. The Bertz CT molecular complexity index is 385. The Hall–Kier alpha value is -1.39. The molecule has 0 saturated heterocycles. The van der Waals surface area contributed by atoms with E-state index in [2.05, 4.69) is 60.1 Å². The summed E-state index contributed by atoms with van der Waals surface area (Å²) in [5, 5.41) is 3.34. The first-order valence-corrected chi connectivity index (χ1v) is 6.43. The molecule has 0 atom stereocenters. The molecule has 0 amide bonds. The Balaban J connectivity index is 0.000000771. The van der Waals surface area contributed by atoms with Gasteiger partial charge in [-0.2, -0.15) is 0 Å². The van der Waals surface area contributed by atoms with E-state index in [1.165, 1.54) is 11.1 Å². The third-order valence-corrected chi connectivity index (χ3v) is 2.85. The van der Waals surface area contributed by atoms with Crippen molar-refractivity contribution in [2.24, 2.45) is 22.6 Å². The first-order chi connectivity index (χ1) is 8.75. The molecule has 4 nitrogen and oxygen atoms in total. The van der Waals surface area contributed by atoms with Crippen LogP contribution in [0.5, 0.6) is 0 Å². The molecule has 0 spiro atoms. The molecular weight excluding hydrogens is 224 g/mol. The monoisotopic (exact) mass is 248 g/mol. The van der Waals surface area contributed by atoms with E-state index in [1.807, 2.05) is 0 Å². The number of nitrogens with zero attached hydrogens (tertiary/aromatic N) is 1. The quantitative estimate of drug-likeness (QED) is 0.554. The van der Waals surface area contributed by atoms with E-state index in [9.17, 15) is 0 Å². The maximum Gasteiger partial charge on any atom is 0.101 e. The molecule has 0 fully saturated rings. The van der Waals surface area contributed by atoms with E-state index in [-0.39, 0.29) is 0 Å². The van der Waals surface area contributed by atoms with Gasteiger partial charge in [0.2, 0.25) is 0 Å². The van der Waals surface area contributed by atoms with Gasteiger partial charge in [-0.15, -0.1) is 0 Å². The van der Waals surface area contributed by atoms with Gasteiger partial charge in [-0.25, -0.2) is 0 Å². The predicted molar refractivity (Wildman–Crippen MR) is 77.4 cm³/mol. The van der Waals surface area contributed by atoms with Crippen molar-refractivity contribution in [1.82, 2.24) is 5.32 Å². The maximum atomic E-state index is 4.46. The molecule has 0 aliphatic carbocycles. The lowest BCUT2D eigenvalue weighted by Gasteiger charge is -2.11. The first-order valence-electron chi connectivity index (χ1n) is 6.43. The van der Waals surface area contributed by atoms with E-state index < -0.39 is 0 Å². The predicted octanol–water partition coefficient (Wildman–Crippen LogP) is 1.25. The summed E-state index contributed by atoms with van der Waals surface area (Å²) in [5.74, 6) is 9.86. The van der Waals surface area contributed by atoms with Gasteiger partial charge >= 0.3 is 0 Å². The first kappa shape index (κ1) is 14.7. The van der Waals surface area contributed by atoms with E-state index in [4.69, 9.17) is 0 Å². The maximum absolute atomic E-state index is 4.46. The third-order valence-electron chi connectivity index (χ3n) is 2.85. The molecule has 0 saturated carbocycles. The molecule has 0 aromatic heterocycles. The molecule has 2 rings (SSSR count). The number of benzene rings is 1. The summed E-state index contributed by atoms with van der Waals surface area (Å²) in [6, 6.07) is 8.71. The zero-order chi connectivity index (χ0) is 13.4. The van der Waals surface area contributed by atoms with Gasteiger partial charge in [-0.1, -0.05) is 38.1 Å².